The molecule has 0 aliphatic rings. The van der Waals surface area contributed by atoms with E-state index in [1.54, 1.807) is 11.3 Å². The number of hydrogen-bond donors (Lipinski definition) is 0. The Kier molecular flexibility index (Phi) is 7.94. The van der Waals surface area contributed by atoms with Gasteiger partial charge in [0.05, 0.1) is 49.4 Å². The molecule has 0 saturated heterocycles. The summed E-state index contributed by atoms with van der Waals surface area (Å²) >= 11 is 1.76. The summed E-state index contributed by atoms with van der Waals surface area (Å²) in [7, 11) is 0. The third kappa shape index (κ3) is 5.76. The summed E-state index contributed by atoms with van der Waals surface area (Å²) in [5.74, 6) is 1.26. The predicted octanol–water partition coefficient (Wildman–Crippen LogP) is 13.9. The van der Waals surface area contributed by atoms with Crippen molar-refractivity contribution in [1.29, 1.82) is 0 Å². The van der Waals surface area contributed by atoms with Gasteiger partial charge in [-0.3, -0.25) is 14.1 Å². The van der Waals surface area contributed by atoms with E-state index in [0.717, 1.165) is 99.4 Å². The van der Waals surface area contributed by atoms with E-state index in [0.29, 0.717) is 11.9 Å². The Labute approximate surface area is 364 Å². The van der Waals surface area contributed by atoms with Crippen LogP contribution < -0.4 is 0 Å². The lowest BCUT2D eigenvalue weighted by Crippen LogP contribution is -2.03. The second kappa shape index (κ2) is 14.1. The largest absolute Gasteiger partial charge is 0.278 e. The summed E-state index contributed by atoms with van der Waals surface area (Å²) in [6.45, 7) is 0. The van der Waals surface area contributed by atoms with Crippen LogP contribution >= 0.6 is 11.3 Å². The molecule has 8 heteroatoms. The van der Waals surface area contributed by atoms with Crippen LogP contribution in [0.1, 0.15) is 0 Å². The molecule has 7 nitrogen and oxygen atoms in total. The first-order valence-corrected chi connectivity index (χ1v) is 21.7. The Morgan fingerprint density at radius 1 is 0.317 bits per heavy atom. The second-order valence-electron chi connectivity index (χ2n) is 15.7. The van der Waals surface area contributed by atoms with Crippen molar-refractivity contribution in [3.05, 3.63) is 200 Å². The van der Waals surface area contributed by atoms with E-state index in [-0.39, 0.29) is 0 Å². The van der Waals surface area contributed by atoms with Crippen molar-refractivity contribution in [2.75, 3.05) is 0 Å². The van der Waals surface area contributed by atoms with E-state index in [1.807, 2.05) is 36.7 Å². The summed E-state index contributed by atoms with van der Waals surface area (Å²) in [6.07, 6.45) is 3.72. The van der Waals surface area contributed by atoms with Crippen LogP contribution in [0.4, 0.5) is 0 Å². The molecule has 6 heterocycles. The fourth-order valence-corrected chi connectivity index (χ4v) is 10.2. The van der Waals surface area contributed by atoms with E-state index in [4.69, 9.17) is 24.9 Å². The van der Waals surface area contributed by atoms with Gasteiger partial charge in [0.15, 0.2) is 0 Å². The van der Waals surface area contributed by atoms with Gasteiger partial charge >= 0.3 is 0 Å². The van der Waals surface area contributed by atoms with Gasteiger partial charge < -0.3 is 0 Å². The molecule has 0 atom stereocenters. The summed E-state index contributed by atoms with van der Waals surface area (Å²) in [6, 6.07) is 65.9. The number of nitrogens with zero attached hydrogens (tertiary/aromatic N) is 7. The van der Waals surface area contributed by atoms with Gasteiger partial charge in [0.25, 0.3) is 0 Å². The van der Waals surface area contributed by atoms with Crippen molar-refractivity contribution in [1.82, 2.24) is 34.1 Å². The van der Waals surface area contributed by atoms with Gasteiger partial charge in [0, 0.05) is 60.7 Å². The van der Waals surface area contributed by atoms with E-state index >= 15 is 0 Å². The molecular weight excluding hydrogens is 791 g/mol. The average molecular weight is 824 g/mol. The molecule has 0 saturated carbocycles. The number of pyridine rings is 1. The second-order valence-corrected chi connectivity index (χ2v) is 16.8. The third-order valence-electron chi connectivity index (χ3n) is 12.1. The number of hydrogen-bond acceptors (Lipinski definition) is 6. The van der Waals surface area contributed by atoms with Crippen molar-refractivity contribution in [2.45, 2.75) is 0 Å². The monoisotopic (exact) mass is 823 g/mol. The minimum atomic E-state index is 0.628. The van der Waals surface area contributed by atoms with Crippen LogP contribution in [0.15, 0.2) is 200 Å². The van der Waals surface area contributed by atoms with Crippen molar-refractivity contribution < 1.29 is 0 Å². The van der Waals surface area contributed by atoms with Crippen LogP contribution in [0.3, 0.4) is 0 Å². The molecule has 0 aliphatic heterocycles. The fourth-order valence-electron chi connectivity index (χ4n) is 9.16. The molecule has 0 radical (unpaired) electrons. The molecule has 0 unspecified atom stereocenters. The van der Waals surface area contributed by atoms with Crippen LogP contribution in [0.25, 0.3) is 121 Å². The Morgan fingerprint density at radius 2 is 0.857 bits per heavy atom. The van der Waals surface area contributed by atoms with Gasteiger partial charge in [-0.1, -0.05) is 115 Å². The van der Waals surface area contributed by atoms with Crippen LogP contribution in [0.5, 0.6) is 0 Å². The maximum Gasteiger partial charge on any atom is 0.235 e. The maximum absolute atomic E-state index is 5.22. The third-order valence-corrected chi connectivity index (χ3v) is 13.2. The first-order chi connectivity index (χ1) is 31.2. The summed E-state index contributed by atoms with van der Waals surface area (Å²) in [5, 5.41) is 5.69. The molecule has 0 aliphatic carbocycles. The SMILES string of the molecule is c1ccc(-c2cc(-c3ccccc3)nc(-n3c4ccccc4c4cc(-c5ccc6c(c5)c5ccccc5n6-c5nccc(-c6ccc7sc8cccnc8c7c6)n5)ccc43)n2)cc1. The summed E-state index contributed by atoms with van der Waals surface area (Å²) in [4.78, 5) is 25.2. The smallest absolute Gasteiger partial charge is 0.235 e. The molecule has 63 heavy (non-hydrogen) atoms. The zero-order chi connectivity index (χ0) is 41.4. The summed E-state index contributed by atoms with van der Waals surface area (Å²) < 4.78 is 6.78. The number of thiophene rings is 1. The molecule has 0 amide bonds. The minimum Gasteiger partial charge on any atom is -0.278 e. The Bertz CT molecular complexity index is 3870. The molecule has 0 N–H and O–H groups in total. The lowest BCUT2D eigenvalue weighted by Gasteiger charge is -2.12. The lowest BCUT2D eigenvalue weighted by molar-refractivity contribution is 0.992. The fraction of sp³-hybridized carbons (Fsp3) is 0. The maximum atomic E-state index is 5.22. The van der Waals surface area contributed by atoms with Gasteiger partial charge in [-0.25, -0.2) is 19.9 Å². The lowest BCUT2D eigenvalue weighted by atomic mass is 10.0. The minimum absolute atomic E-state index is 0.628. The van der Waals surface area contributed by atoms with Crippen LogP contribution in [-0.4, -0.2) is 34.1 Å². The molecule has 294 valence electrons. The van der Waals surface area contributed by atoms with Gasteiger partial charge in [-0.15, -0.1) is 11.3 Å². The molecule has 0 bridgehead atoms. The van der Waals surface area contributed by atoms with Gasteiger partial charge in [-0.05, 0) is 83.9 Å². The molecule has 0 spiro atoms. The molecule has 13 rings (SSSR count). The van der Waals surface area contributed by atoms with Gasteiger partial charge in [0.1, 0.15) is 0 Å². The zero-order valence-corrected chi connectivity index (χ0v) is 34.4. The highest BCUT2D eigenvalue weighted by Crippen LogP contribution is 2.39. The van der Waals surface area contributed by atoms with Crippen molar-refractivity contribution in [2.24, 2.45) is 0 Å². The van der Waals surface area contributed by atoms with Crippen molar-refractivity contribution in [3.63, 3.8) is 0 Å². The quantitative estimate of drug-likeness (QED) is 0.167. The normalized spacial score (nSPS) is 11.8. The Hall–Kier alpha value is -8.33. The first-order valence-electron chi connectivity index (χ1n) is 20.9. The van der Waals surface area contributed by atoms with E-state index in [9.17, 15) is 0 Å². The highest BCUT2D eigenvalue weighted by Gasteiger charge is 2.20. The topological polar surface area (TPSA) is 74.3 Å². The Balaban J connectivity index is 0.938. The van der Waals surface area contributed by atoms with Gasteiger partial charge in [0.2, 0.25) is 11.9 Å². The number of aromatic nitrogens is 7. The Morgan fingerprint density at radius 3 is 1.51 bits per heavy atom. The summed E-state index contributed by atoms with van der Waals surface area (Å²) in [5.41, 5.74) is 13.2. The zero-order valence-electron chi connectivity index (χ0n) is 33.6. The molecule has 13 aromatic rings. The highest BCUT2D eigenvalue weighted by atomic mass is 32.1. The predicted molar refractivity (Wildman–Crippen MR) is 259 cm³/mol. The van der Waals surface area contributed by atoms with Crippen LogP contribution in [-0.2, 0) is 0 Å². The molecular formula is C55H33N7S. The van der Waals surface area contributed by atoms with Crippen LogP contribution in [0, 0.1) is 0 Å². The molecule has 6 aromatic heterocycles. The van der Waals surface area contributed by atoms with Crippen LogP contribution in [0.2, 0.25) is 0 Å². The van der Waals surface area contributed by atoms with E-state index < -0.39 is 0 Å². The molecule has 0 fully saturated rings. The van der Waals surface area contributed by atoms with E-state index in [2.05, 4.69) is 173 Å². The van der Waals surface area contributed by atoms with Crippen molar-refractivity contribution in [3.8, 4) is 56.8 Å². The molecule has 7 aromatic carbocycles. The number of benzene rings is 7. The first kappa shape index (κ1) is 35.4. The number of para-hydroxylation sites is 2. The van der Waals surface area contributed by atoms with Gasteiger partial charge in [-0.2, -0.15) is 0 Å². The highest BCUT2D eigenvalue weighted by molar-refractivity contribution is 7.25. The average Bonchev–Trinajstić information content (AvgIpc) is 4.01. The standard InChI is InChI=1S/C55H33N7S/c1-3-12-34(13-4-1)45-33-46(35-14-5-2-6-15-35)60-55(59-45)62-48-19-10-8-17-40(48)42-31-37(22-25-50(42)62)36-21-24-49-41(30-36)39-16-7-9-18-47(39)61(49)54-57-29-27-44(58-54)38-23-26-51-43(32-38)53-52(63-51)20-11-28-56-53/h1-33H. The number of fused-ring (bicyclic) bond motifs is 9. The van der Waals surface area contributed by atoms with Crippen molar-refractivity contribution >= 4 is 75.3 Å². The number of rotatable bonds is 6. The van der Waals surface area contributed by atoms with E-state index in [1.165, 1.54) is 9.40 Å².